The summed E-state index contributed by atoms with van der Waals surface area (Å²) in [6.07, 6.45) is 7.11. The van der Waals surface area contributed by atoms with E-state index in [1.807, 2.05) is 23.1 Å². The zero-order chi connectivity index (χ0) is 21.4. The van der Waals surface area contributed by atoms with Gasteiger partial charge < -0.3 is 9.64 Å². The fraction of sp³-hybridized carbons (Fsp3) is 0.478. The van der Waals surface area contributed by atoms with Gasteiger partial charge in [-0.1, -0.05) is 6.07 Å². The first kappa shape index (κ1) is 20.5. The number of sulfonamides is 1. The van der Waals surface area contributed by atoms with Crippen molar-refractivity contribution in [3.8, 4) is 5.88 Å². The fourth-order valence-electron chi connectivity index (χ4n) is 5.14. The molecule has 0 spiro atoms. The molecule has 3 saturated heterocycles. The summed E-state index contributed by atoms with van der Waals surface area (Å²) in [6.45, 7) is 1.14. The molecule has 3 aliphatic heterocycles. The number of hydrogen-bond acceptors (Lipinski definition) is 5. The van der Waals surface area contributed by atoms with E-state index in [9.17, 15) is 13.2 Å². The van der Waals surface area contributed by atoms with E-state index in [-0.39, 0.29) is 29.0 Å². The maximum atomic E-state index is 13.3. The molecule has 3 aliphatic rings. The van der Waals surface area contributed by atoms with Crippen LogP contribution in [0.25, 0.3) is 0 Å². The van der Waals surface area contributed by atoms with Gasteiger partial charge in [0.15, 0.2) is 0 Å². The number of aromatic nitrogens is 1. The van der Waals surface area contributed by atoms with Crippen LogP contribution in [0.5, 0.6) is 5.88 Å². The zero-order valence-electron chi connectivity index (χ0n) is 17.4. The molecule has 2 aromatic rings. The van der Waals surface area contributed by atoms with Gasteiger partial charge in [-0.05, 0) is 56.0 Å². The molecule has 2 atom stereocenters. The molecule has 3 fully saturated rings. The minimum Gasteiger partial charge on any atom is -0.474 e. The SMILES string of the molecule is O=C(c1ccc(S(=O)(=O)N2CCCC2)cc1)N1C2CCC1CC(Oc1ccccn1)C2. The Labute approximate surface area is 183 Å². The van der Waals surface area contributed by atoms with E-state index < -0.39 is 10.0 Å². The highest BCUT2D eigenvalue weighted by atomic mass is 32.2. The molecule has 1 amide bonds. The quantitative estimate of drug-likeness (QED) is 0.712. The second-order valence-electron chi connectivity index (χ2n) is 8.61. The number of hydrogen-bond donors (Lipinski definition) is 0. The van der Waals surface area contributed by atoms with E-state index in [1.54, 1.807) is 30.5 Å². The molecule has 1 aromatic carbocycles. The molecule has 1 aromatic heterocycles. The van der Waals surface area contributed by atoms with Crippen LogP contribution < -0.4 is 4.74 Å². The number of nitrogens with zero attached hydrogens (tertiary/aromatic N) is 3. The number of carbonyl (C=O) groups is 1. The lowest BCUT2D eigenvalue weighted by Crippen LogP contribution is -2.49. The van der Waals surface area contributed by atoms with Gasteiger partial charge in [0, 0.05) is 55.8 Å². The average molecular weight is 442 g/mol. The predicted octanol–water partition coefficient (Wildman–Crippen LogP) is 3.08. The number of piperidine rings is 1. The van der Waals surface area contributed by atoms with Gasteiger partial charge in [-0.3, -0.25) is 4.79 Å². The van der Waals surface area contributed by atoms with E-state index in [0.29, 0.717) is 24.5 Å². The normalized spacial score (nSPS) is 26.2. The summed E-state index contributed by atoms with van der Waals surface area (Å²) in [6, 6.07) is 12.4. The number of ether oxygens (including phenoxy) is 1. The van der Waals surface area contributed by atoms with Crippen LogP contribution >= 0.6 is 0 Å². The Bertz CT molecular complexity index is 1020. The third-order valence-corrected chi connectivity index (χ3v) is 8.57. The summed E-state index contributed by atoms with van der Waals surface area (Å²) >= 11 is 0. The number of benzene rings is 1. The van der Waals surface area contributed by atoms with Crippen LogP contribution in [0.15, 0.2) is 53.6 Å². The van der Waals surface area contributed by atoms with Gasteiger partial charge in [-0.15, -0.1) is 0 Å². The van der Waals surface area contributed by atoms with Gasteiger partial charge in [0.05, 0.1) is 4.90 Å². The molecule has 0 radical (unpaired) electrons. The van der Waals surface area contributed by atoms with Crippen LogP contribution in [0.1, 0.15) is 48.9 Å². The number of carbonyl (C=O) groups excluding carboxylic acids is 1. The molecule has 2 bridgehead atoms. The van der Waals surface area contributed by atoms with Crippen molar-refractivity contribution in [3.05, 3.63) is 54.2 Å². The molecule has 164 valence electrons. The van der Waals surface area contributed by atoms with E-state index in [2.05, 4.69) is 4.98 Å². The summed E-state index contributed by atoms with van der Waals surface area (Å²) in [5.74, 6) is 0.607. The van der Waals surface area contributed by atoms with Gasteiger partial charge in [0.1, 0.15) is 6.10 Å². The molecule has 5 rings (SSSR count). The fourth-order valence-corrected chi connectivity index (χ4v) is 6.66. The molecule has 0 aliphatic carbocycles. The van der Waals surface area contributed by atoms with Crippen LogP contribution in [-0.2, 0) is 10.0 Å². The van der Waals surface area contributed by atoms with Crippen LogP contribution in [-0.4, -0.2) is 59.8 Å². The molecule has 4 heterocycles. The molecule has 2 unspecified atom stereocenters. The Hall–Kier alpha value is -2.45. The first-order chi connectivity index (χ1) is 15.0. The monoisotopic (exact) mass is 441 g/mol. The van der Waals surface area contributed by atoms with Crippen molar-refractivity contribution in [1.82, 2.24) is 14.2 Å². The number of pyridine rings is 1. The van der Waals surface area contributed by atoms with Crippen molar-refractivity contribution in [1.29, 1.82) is 0 Å². The number of fused-ring (bicyclic) bond motifs is 2. The van der Waals surface area contributed by atoms with Crippen LogP contribution in [0.2, 0.25) is 0 Å². The minimum atomic E-state index is -3.47. The smallest absolute Gasteiger partial charge is 0.254 e. The summed E-state index contributed by atoms with van der Waals surface area (Å²) in [4.78, 5) is 19.8. The maximum absolute atomic E-state index is 13.3. The topological polar surface area (TPSA) is 79.8 Å². The summed E-state index contributed by atoms with van der Waals surface area (Å²) < 4.78 is 33.0. The van der Waals surface area contributed by atoms with Crippen LogP contribution in [0.4, 0.5) is 0 Å². The highest BCUT2D eigenvalue weighted by molar-refractivity contribution is 7.89. The van der Waals surface area contributed by atoms with Gasteiger partial charge in [0.25, 0.3) is 5.91 Å². The molecule has 8 heteroatoms. The third-order valence-electron chi connectivity index (χ3n) is 6.65. The predicted molar refractivity (Wildman–Crippen MR) is 115 cm³/mol. The minimum absolute atomic E-state index is 0.0195. The highest BCUT2D eigenvalue weighted by Crippen LogP contribution is 2.38. The number of rotatable bonds is 5. The van der Waals surface area contributed by atoms with Crippen molar-refractivity contribution in [3.63, 3.8) is 0 Å². The molecule has 0 saturated carbocycles. The standard InChI is InChI=1S/C23H27N3O4S/c27-23(17-6-10-21(11-7-17)31(28,29)25-13-3-4-14-25)26-18-8-9-19(26)16-20(15-18)30-22-5-1-2-12-24-22/h1-2,5-7,10-12,18-20H,3-4,8-9,13-16H2. The van der Waals surface area contributed by atoms with Gasteiger partial charge in [0.2, 0.25) is 15.9 Å². The van der Waals surface area contributed by atoms with Crippen molar-refractivity contribution in [2.75, 3.05) is 13.1 Å². The molecule has 7 nitrogen and oxygen atoms in total. The van der Waals surface area contributed by atoms with E-state index in [1.165, 1.54) is 4.31 Å². The van der Waals surface area contributed by atoms with Crippen molar-refractivity contribution in [2.24, 2.45) is 0 Å². The zero-order valence-corrected chi connectivity index (χ0v) is 18.2. The van der Waals surface area contributed by atoms with Crippen molar-refractivity contribution >= 4 is 15.9 Å². The first-order valence-electron chi connectivity index (χ1n) is 11.0. The Balaban J connectivity index is 1.27. The Morgan fingerprint density at radius 3 is 2.26 bits per heavy atom. The van der Waals surface area contributed by atoms with Crippen LogP contribution in [0, 0.1) is 0 Å². The van der Waals surface area contributed by atoms with Crippen molar-refractivity contribution in [2.45, 2.75) is 61.6 Å². The number of amides is 1. The highest BCUT2D eigenvalue weighted by Gasteiger charge is 2.44. The van der Waals surface area contributed by atoms with Gasteiger partial charge in [-0.2, -0.15) is 4.31 Å². The largest absolute Gasteiger partial charge is 0.474 e. The molecular formula is C23H27N3O4S. The van der Waals surface area contributed by atoms with E-state index in [4.69, 9.17) is 4.74 Å². The lowest BCUT2D eigenvalue weighted by molar-refractivity contribution is 0.0348. The second-order valence-corrected chi connectivity index (χ2v) is 10.6. The molecule has 31 heavy (non-hydrogen) atoms. The Kier molecular flexibility index (Phi) is 5.44. The van der Waals surface area contributed by atoms with E-state index in [0.717, 1.165) is 38.5 Å². The lowest BCUT2D eigenvalue weighted by Gasteiger charge is -2.38. The summed E-state index contributed by atoms with van der Waals surface area (Å²) in [7, 11) is -3.47. The lowest BCUT2D eigenvalue weighted by atomic mass is 9.98. The molecule has 0 N–H and O–H groups in total. The Morgan fingerprint density at radius 2 is 1.65 bits per heavy atom. The molecular weight excluding hydrogens is 414 g/mol. The summed E-state index contributed by atoms with van der Waals surface area (Å²) in [5, 5.41) is 0. The van der Waals surface area contributed by atoms with Gasteiger partial charge >= 0.3 is 0 Å². The van der Waals surface area contributed by atoms with E-state index >= 15 is 0 Å². The average Bonchev–Trinajstić information content (AvgIpc) is 3.42. The first-order valence-corrected chi connectivity index (χ1v) is 12.5. The van der Waals surface area contributed by atoms with Crippen LogP contribution in [0.3, 0.4) is 0 Å². The Morgan fingerprint density at radius 1 is 0.968 bits per heavy atom. The van der Waals surface area contributed by atoms with Crippen molar-refractivity contribution < 1.29 is 17.9 Å². The maximum Gasteiger partial charge on any atom is 0.254 e. The third kappa shape index (κ3) is 3.94. The second kappa shape index (κ2) is 8.24. The van der Waals surface area contributed by atoms with Gasteiger partial charge in [-0.25, -0.2) is 13.4 Å². The summed E-state index contributed by atoms with van der Waals surface area (Å²) in [5.41, 5.74) is 0.543.